The third-order valence-electron chi connectivity index (χ3n) is 5.58. The smallest absolute Gasteiger partial charge is 0.274 e. The number of likely N-dealkylation sites (tertiary alicyclic amines) is 2. The van der Waals surface area contributed by atoms with Crippen LogP contribution in [0, 0.1) is 12.3 Å². The van der Waals surface area contributed by atoms with Crippen LogP contribution >= 0.6 is 0 Å². The Morgan fingerprint density at radius 3 is 2.81 bits per heavy atom. The van der Waals surface area contributed by atoms with E-state index in [2.05, 4.69) is 25.9 Å². The van der Waals surface area contributed by atoms with Crippen LogP contribution in [0.15, 0.2) is 36.8 Å². The van der Waals surface area contributed by atoms with Crippen LogP contribution in [0.25, 0.3) is 0 Å². The molecule has 2 aliphatic heterocycles. The summed E-state index contributed by atoms with van der Waals surface area (Å²) >= 11 is 0. The summed E-state index contributed by atoms with van der Waals surface area (Å²) in [6.07, 6.45) is 8.55. The van der Waals surface area contributed by atoms with E-state index in [-0.39, 0.29) is 11.3 Å². The van der Waals surface area contributed by atoms with Crippen molar-refractivity contribution in [3.05, 3.63) is 53.9 Å². The Balaban J connectivity index is 1.41. The number of rotatable bonds is 3. The molecule has 4 heterocycles. The van der Waals surface area contributed by atoms with Gasteiger partial charge in [0.05, 0.1) is 17.6 Å². The summed E-state index contributed by atoms with van der Waals surface area (Å²) < 4.78 is 0. The van der Waals surface area contributed by atoms with E-state index in [0.29, 0.717) is 5.69 Å². The summed E-state index contributed by atoms with van der Waals surface area (Å²) in [5.41, 5.74) is 2.61. The molecule has 2 aliphatic rings. The van der Waals surface area contributed by atoms with E-state index in [4.69, 9.17) is 0 Å². The lowest BCUT2D eigenvalue weighted by Crippen LogP contribution is -2.45. The van der Waals surface area contributed by atoms with Gasteiger partial charge in [0.15, 0.2) is 0 Å². The van der Waals surface area contributed by atoms with Gasteiger partial charge in [-0.1, -0.05) is 6.07 Å². The molecule has 0 aliphatic carbocycles. The Hall–Kier alpha value is -2.34. The van der Waals surface area contributed by atoms with Gasteiger partial charge in [0.1, 0.15) is 5.69 Å². The van der Waals surface area contributed by atoms with E-state index in [9.17, 15) is 4.79 Å². The molecule has 2 fully saturated rings. The molecular weight excluding hydrogens is 326 g/mol. The van der Waals surface area contributed by atoms with Crippen LogP contribution in [0.2, 0.25) is 0 Å². The third-order valence-corrected chi connectivity index (χ3v) is 5.58. The van der Waals surface area contributed by atoms with Gasteiger partial charge in [0.25, 0.3) is 5.91 Å². The number of hydrogen-bond donors (Lipinski definition) is 0. The molecule has 0 aromatic carbocycles. The molecule has 0 radical (unpaired) electrons. The first-order valence-corrected chi connectivity index (χ1v) is 9.34. The number of aryl methyl sites for hydroxylation is 1. The summed E-state index contributed by atoms with van der Waals surface area (Å²) in [7, 11) is 0. The second kappa shape index (κ2) is 7.11. The quantitative estimate of drug-likeness (QED) is 0.849. The molecule has 2 aromatic rings. The zero-order valence-electron chi connectivity index (χ0n) is 15.3. The lowest BCUT2D eigenvalue weighted by Gasteiger charge is -2.40. The van der Waals surface area contributed by atoms with Crippen molar-refractivity contribution in [3.8, 4) is 0 Å². The molecule has 136 valence electrons. The molecule has 2 saturated heterocycles. The predicted octanol–water partition coefficient (Wildman–Crippen LogP) is 2.31. The fourth-order valence-corrected chi connectivity index (χ4v) is 4.27. The predicted molar refractivity (Wildman–Crippen MR) is 98.5 cm³/mol. The number of piperidine rings is 1. The minimum Gasteiger partial charge on any atom is -0.337 e. The van der Waals surface area contributed by atoms with Crippen molar-refractivity contribution in [2.75, 3.05) is 26.2 Å². The minimum atomic E-state index is 0.0104. The van der Waals surface area contributed by atoms with E-state index in [1.807, 2.05) is 30.2 Å². The van der Waals surface area contributed by atoms with Crippen molar-refractivity contribution in [1.82, 2.24) is 24.8 Å². The molecule has 0 N–H and O–H groups in total. The van der Waals surface area contributed by atoms with Crippen LogP contribution in [0.1, 0.15) is 41.1 Å². The Morgan fingerprint density at radius 1 is 1.12 bits per heavy atom. The Kier molecular flexibility index (Phi) is 4.68. The van der Waals surface area contributed by atoms with E-state index < -0.39 is 0 Å². The average Bonchev–Trinajstić information content (AvgIpc) is 3.06. The molecule has 0 bridgehead atoms. The highest BCUT2D eigenvalue weighted by atomic mass is 16.2. The van der Waals surface area contributed by atoms with Gasteiger partial charge >= 0.3 is 0 Å². The molecule has 1 amide bonds. The van der Waals surface area contributed by atoms with E-state index in [0.717, 1.165) is 50.5 Å². The molecule has 6 nitrogen and oxygen atoms in total. The first kappa shape index (κ1) is 17.1. The van der Waals surface area contributed by atoms with Crippen LogP contribution in [0.4, 0.5) is 0 Å². The summed E-state index contributed by atoms with van der Waals surface area (Å²) in [5, 5.41) is 0. The van der Waals surface area contributed by atoms with Crippen LogP contribution in [0.3, 0.4) is 0 Å². The molecule has 0 saturated carbocycles. The fourth-order valence-electron chi connectivity index (χ4n) is 4.27. The Bertz CT molecular complexity index is 764. The molecule has 4 rings (SSSR count). The summed E-state index contributed by atoms with van der Waals surface area (Å²) in [4.78, 5) is 30.1. The van der Waals surface area contributed by atoms with Crippen LogP contribution in [-0.2, 0) is 6.54 Å². The highest BCUT2D eigenvalue weighted by molar-refractivity contribution is 5.92. The maximum Gasteiger partial charge on any atom is 0.274 e. The number of nitrogens with zero attached hydrogens (tertiary/aromatic N) is 5. The van der Waals surface area contributed by atoms with Gasteiger partial charge in [-0.3, -0.25) is 19.7 Å². The first-order chi connectivity index (χ1) is 12.6. The summed E-state index contributed by atoms with van der Waals surface area (Å²) in [5.74, 6) is 0.0104. The van der Waals surface area contributed by atoms with Crippen molar-refractivity contribution in [1.29, 1.82) is 0 Å². The molecule has 2 aromatic heterocycles. The lowest BCUT2D eigenvalue weighted by atomic mass is 9.79. The highest BCUT2D eigenvalue weighted by Crippen LogP contribution is 2.39. The maximum absolute atomic E-state index is 12.8. The van der Waals surface area contributed by atoms with E-state index >= 15 is 0 Å². The van der Waals surface area contributed by atoms with Gasteiger partial charge in [-0.2, -0.15) is 0 Å². The van der Waals surface area contributed by atoms with Gasteiger partial charge in [-0.25, -0.2) is 4.98 Å². The summed E-state index contributed by atoms with van der Waals surface area (Å²) in [6, 6.07) is 6.08. The largest absolute Gasteiger partial charge is 0.337 e. The number of carbonyl (C=O) groups excluding carboxylic acids is 1. The monoisotopic (exact) mass is 351 g/mol. The molecule has 1 unspecified atom stereocenters. The van der Waals surface area contributed by atoms with Gasteiger partial charge in [-0.05, 0) is 44.9 Å². The zero-order chi connectivity index (χ0) is 18.0. The zero-order valence-corrected chi connectivity index (χ0v) is 15.3. The van der Waals surface area contributed by atoms with Crippen molar-refractivity contribution in [2.24, 2.45) is 5.41 Å². The van der Waals surface area contributed by atoms with Gasteiger partial charge in [0, 0.05) is 44.0 Å². The van der Waals surface area contributed by atoms with Gasteiger partial charge < -0.3 is 4.90 Å². The molecule has 6 heteroatoms. The number of pyridine rings is 1. The maximum atomic E-state index is 12.8. The number of amides is 1. The van der Waals surface area contributed by atoms with E-state index in [1.165, 1.54) is 12.8 Å². The minimum absolute atomic E-state index is 0.0104. The van der Waals surface area contributed by atoms with Crippen molar-refractivity contribution >= 4 is 5.91 Å². The second-order valence-electron chi connectivity index (χ2n) is 7.66. The topological polar surface area (TPSA) is 62.2 Å². The molecular formula is C20H25N5O. The van der Waals surface area contributed by atoms with Crippen LogP contribution in [0.5, 0.6) is 0 Å². The number of hydrogen-bond acceptors (Lipinski definition) is 5. The molecule has 1 atom stereocenters. The highest BCUT2D eigenvalue weighted by Gasteiger charge is 2.43. The standard InChI is InChI=1S/C20H25N5O/c1-16-11-23-18(12-22-16)19(26)25-10-7-20(15-25)6-4-9-24(14-20)13-17-5-2-3-8-21-17/h2-3,5,8,11-12H,4,6-7,9-10,13-15H2,1H3. The van der Waals surface area contributed by atoms with Gasteiger partial charge in [0.2, 0.25) is 0 Å². The average molecular weight is 351 g/mol. The normalized spacial score (nSPS) is 23.5. The number of aromatic nitrogens is 3. The SMILES string of the molecule is Cc1cnc(C(=O)N2CCC3(CCCN(Cc4ccccn4)C3)C2)cn1. The fraction of sp³-hybridized carbons (Fsp3) is 0.500. The van der Waals surface area contributed by atoms with Crippen LogP contribution in [-0.4, -0.2) is 56.8 Å². The van der Waals surface area contributed by atoms with Crippen molar-refractivity contribution < 1.29 is 4.79 Å². The van der Waals surface area contributed by atoms with Crippen LogP contribution < -0.4 is 0 Å². The third kappa shape index (κ3) is 3.60. The van der Waals surface area contributed by atoms with Gasteiger partial charge in [-0.15, -0.1) is 0 Å². The van der Waals surface area contributed by atoms with E-state index in [1.54, 1.807) is 12.4 Å². The first-order valence-electron chi connectivity index (χ1n) is 9.34. The second-order valence-corrected chi connectivity index (χ2v) is 7.66. The molecule has 1 spiro atoms. The molecule has 26 heavy (non-hydrogen) atoms. The Labute approximate surface area is 154 Å². The number of carbonyl (C=O) groups is 1. The van der Waals surface area contributed by atoms with Crippen molar-refractivity contribution in [3.63, 3.8) is 0 Å². The van der Waals surface area contributed by atoms with Crippen molar-refractivity contribution in [2.45, 2.75) is 32.7 Å². The lowest BCUT2D eigenvalue weighted by molar-refractivity contribution is 0.0668. The summed E-state index contributed by atoms with van der Waals surface area (Å²) in [6.45, 7) is 6.54. The Morgan fingerprint density at radius 2 is 2.04 bits per heavy atom.